The molecule has 1 amide bonds. The average Bonchev–Trinajstić information content (AvgIpc) is 2.67. The third kappa shape index (κ3) is 2.34. The summed E-state index contributed by atoms with van der Waals surface area (Å²) in [5.41, 5.74) is 6.34. The normalized spacial score (nSPS) is 28.4. The van der Waals surface area contributed by atoms with Crippen LogP contribution >= 0.6 is 0 Å². The SMILES string of the molecule is CC/C=C(\C)C(=O)NC1CC1N. The van der Waals surface area contributed by atoms with Gasteiger partial charge < -0.3 is 11.1 Å². The Labute approximate surface area is 73.0 Å². The highest BCUT2D eigenvalue weighted by molar-refractivity contribution is 5.93. The molecule has 1 aliphatic carbocycles. The lowest BCUT2D eigenvalue weighted by Gasteiger charge is -2.02. The summed E-state index contributed by atoms with van der Waals surface area (Å²) in [6, 6.07) is 0.404. The van der Waals surface area contributed by atoms with E-state index in [1.54, 1.807) is 0 Å². The second-order valence-electron chi connectivity index (χ2n) is 3.27. The zero-order chi connectivity index (χ0) is 9.14. The lowest BCUT2D eigenvalue weighted by molar-refractivity contribution is -0.117. The van der Waals surface area contributed by atoms with Crippen LogP contribution in [0.3, 0.4) is 0 Å². The minimum absolute atomic E-state index is 0.0230. The minimum atomic E-state index is 0.0230. The molecule has 0 bridgehead atoms. The Bertz CT molecular complexity index is 211. The number of allylic oxidation sites excluding steroid dienone is 1. The van der Waals surface area contributed by atoms with Crippen LogP contribution in [0.15, 0.2) is 11.6 Å². The molecule has 1 fully saturated rings. The summed E-state index contributed by atoms with van der Waals surface area (Å²) in [6.45, 7) is 3.84. The van der Waals surface area contributed by atoms with Gasteiger partial charge in [-0.15, -0.1) is 0 Å². The van der Waals surface area contributed by atoms with Crippen molar-refractivity contribution in [2.45, 2.75) is 38.8 Å². The van der Waals surface area contributed by atoms with Crippen molar-refractivity contribution in [3.8, 4) is 0 Å². The van der Waals surface area contributed by atoms with E-state index in [1.807, 2.05) is 19.9 Å². The Hall–Kier alpha value is -0.830. The van der Waals surface area contributed by atoms with Crippen LogP contribution in [0, 0.1) is 0 Å². The van der Waals surface area contributed by atoms with Gasteiger partial charge in [0.25, 0.3) is 0 Å². The van der Waals surface area contributed by atoms with Crippen LogP contribution in [-0.2, 0) is 4.79 Å². The van der Waals surface area contributed by atoms with E-state index in [1.165, 1.54) is 0 Å². The molecule has 0 aromatic heterocycles. The van der Waals surface area contributed by atoms with Crippen molar-refractivity contribution < 1.29 is 4.79 Å². The van der Waals surface area contributed by atoms with Gasteiger partial charge in [0.2, 0.25) is 5.91 Å². The van der Waals surface area contributed by atoms with Crippen LogP contribution in [0.5, 0.6) is 0 Å². The molecule has 2 atom stereocenters. The quantitative estimate of drug-likeness (QED) is 0.605. The Morgan fingerprint density at radius 3 is 2.75 bits per heavy atom. The summed E-state index contributed by atoms with van der Waals surface area (Å²) in [7, 11) is 0. The summed E-state index contributed by atoms with van der Waals surface area (Å²) in [6.07, 6.45) is 3.74. The van der Waals surface area contributed by atoms with Crippen molar-refractivity contribution in [2.75, 3.05) is 0 Å². The first-order chi connectivity index (χ1) is 5.65. The molecule has 12 heavy (non-hydrogen) atoms. The molecule has 0 aliphatic heterocycles. The first kappa shape index (κ1) is 9.26. The van der Waals surface area contributed by atoms with Gasteiger partial charge in [0.05, 0.1) is 0 Å². The summed E-state index contributed by atoms with van der Waals surface area (Å²) < 4.78 is 0. The number of carbonyl (C=O) groups excluding carboxylic acids is 1. The predicted octanol–water partition coefficient (Wildman–Crippen LogP) is 0.559. The lowest BCUT2D eigenvalue weighted by atomic mass is 10.2. The van der Waals surface area contributed by atoms with E-state index >= 15 is 0 Å². The molecule has 0 saturated heterocycles. The molecule has 0 aromatic carbocycles. The second kappa shape index (κ2) is 3.72. The van der Waals surface area contributed by atoms with E-state index in [2.05, 4.69) is 5.32 Å². The zero-order valence-corrected chi connectivity index (χ0v) is 7.63. The number of nitrogens with one attached hydrogen (secondary N) is 1. The van der Waals surface area contributed by atoms with Crippen LogP contribution in [0.25, 0.3) is 0 Å². The molecule has 68 valence electrons. The number of nitrogens with two attached hydrogens (primary N) is 1. The van der Waals surface area contributed by atoms with Crippen LogP contribution < -0.4 is 11.1 Å². The van der Waals surface area contributed by atoms with E-state index in [0.29, 0.717) is 0 Å². The standard InChI is InChI=1S/C9H16N2O/c1-3-4-6(2)9(12)11-8-5-7(8)10/h4,7-8H,3,5,10H2,1-2H3,(H,11,12)/b6-4+. The molecular formula is C9H16N2O. The molecule has 1 rings (SSSR count). The zero-order valence-electron chi connectivity index (χ0n) is 7.63. The van der Waals surface area contributed by atoms with Gasteiger partial charge in [-0.1, -0.05) is 13.0 Å². The monoisotopic (exact) mass is 168 g/mol. The van der Waals surface area contributed by atoms with Gasteiger partial charge in [0.1, 0.15) is 0 Å². The highest BCUT2D eigenvalue weighted by Crippen LogP contribution is 2.18. The van der Waals surface area contributed by atoms with Gasteiger partial charge in [-0.3, -0.25) is 4.79 Å². The molecule has 1 saturated carbocycles. The van der Waals surface area contributed by atoms with E-state index < -0.39 is 0 Å². The Morgan fingerprint density at radius 2 is 2.33 bits per heavy atom. The maximum atomic E-state index is 11.3. The lowest BCUT2D eigenvalue weighted by Crippen LogP contribution is -2.30. The van der Waals surface area contributed by atoms with Crippen LogP contribution in [0.1, 0.15) is 26.7 Å². The number of amides is 1. The summed E-state index contributed by atoms with van der Waals surface area (Å²) in [4.78, 5) is 11.3. The van der Waals surface area contributed by atoms with Gasteiger partial charge in [-0.2, -0.15) is 0 Å². The molecule has 0 radical (unpaired) electrons. The first-order valence-corrected chi connectivity index (χ1v) is 4.38. The number of rotatable bonds is 3. The van der Waals surface area contributed by atoms with Gasteiger partial charge in [0, 0.05) is 17.7 Å². The van der Waals surface area contributed by atoms with Crippen LogP contribution in [0.4, 0.5) is 0 Å². The maximum absolute atomic E-state index is 11.3. The minimum Gasteiger partial charge on any atom is -0.348 e. The van der Waals surface area contributed by atoms with Crippen LogP contribution in [-0.4, -0.2) is 18.0 Å². The molecule has 3 N–H and O–H groups in total. The topological polar surface area (TPSA) is 55.1 Å². The van der Waals surface area contributed by atoms with E-state index in [0.717, 1.165) is 18.4 Å². The van der Waals surface area contributed by atoms with Gasteiger partial charge >= 0.3 is 0 Å². The summed E-state index contributed by atoms with van der Waals surface area (Å²) in [5, 5.41) is 2.86. The fourth-order valence-electron chi connectivity index (χ4n) is 1.06. The Kier molecular flexibility index (Phi) is 2.87. The predicted molar refractivity (Wildman–Crippen MR) is 48.6 cm³/mol. The van der Waals surface area contributed by atoms with Crippen molar-refractivity contribution in [1.82, 2.24) is 5.32 Å². The maximum Gasteiger partial charge on any atom is 0.246 e. The first-order valence-electron chi connectivity index (χ1n) is 4.38. The molecule has 0 aromatic rings. The third-order valence-corrected chi connectivity index (χ3v) is 2.02. The molecule has 0 heterocycles. The van der Waals surface area contributed by atoms with Gasteiger partial charge in [-0.05, 0) is 19.8 Å². The van der Waals surface area contributed by atoms with E-state index in [9.17, 15) is 4.79 Å². The third-order valence-electron chi connectivity index (χ3n) is 2.02. The van der Waals surface area contributed by atoms with Gasteiger partial charge in [0.15, 0.2) is 0 Å². The highest BCUT2D eigenvalue weighted by Gasteiger charge is 2.34. The average molecular weight is 168 g/mol. The molecule has 0 spiro atoms. The van der Waals surface area contributed by atoms with Crippen molar-refractivity contribution in [1.29, 1.82) is 0 Å². The van der Waals surface area contributed by atoms with Gasteiger partial charge in [-0.25, -0.2) is 0 Å². The van der Waals surface area contributed by atoms with Crippen molar-refractivity contribution in [3.63, 3.8) is 0 Å². The van der Waals surface area contributed by atoms with Crippen molar-refractivity contribution in [3.05, 3.63) is 11.6 Å². The summed E-state index contributed by atoms with van der Waals surface area (Å²) in [5.74, 6) is 0.0230. The smallest absolute Gasteiger partial charge is 0.246 e. The fraction of sp³-hybridized carbons (Fsp3) is 0.667. The van der Waals surface area contributed by atoms with Crippen LogP contribution in [0.2, 0.25) is 0 Å². The summed E-state index contributed by atoms with van der Waals surface area (Å²) >= 11 is 0. The van der Waals surface area contributed by atoms with Crippen molar-refractivity contribution >= 4 is 5.91 Å². The molecule has 3 nitrogen and oxygen atoms in total. The molecule has 2 unspecified atom stereocenters. The highest BCUT2D eigenvalue weighted by atomic mass is 16.1. The Balaban J connectivity index is 2.33. The number of hydrogen-bond acceptors (Lipinski definition) is 2. The fourth-order valence-corrected chi connectivity index (χ4v) is 1.06. The number of hydrogen-bond donors (Lipinski definition) is 2. The molecule has 3 heteroatoms. The molecular weight excluding hydrogens is 152 g/mol. The van der Waals surface area contributed by atoms with Crippen molar-refractivity contribution in [2.24, 2.45) is 5.73 Å². The second-order valence-corrected chi connectivity index (χ2v) is 3.27. The Morgan fingerprint density at radius 1 is 1.75 bits per heavy atom. The molecule has 1 aliphatic rings. The van der Waals surface area contributed by atoms with E-state index in [-0.39, 0.29) is 18.0 Å². The van der Waals surface area contributed by atoms with E-state index in [4.69, 9.17) is 5.73 Å². The largest absolute Gasteiger partial charge is 0.348 e. The number of carbonyl (C=O) groups is 1.